The molecule has 46 heavy (non-hydrogen) atoms. The van der Waals surface area contributed by atoms with Crippen molar-refractivity contribution in [1.29, 1.82) is 0 Å². The maximum absolute atomic E-state index is 14.0. The molecule has 0 unspecified atom stereocenters. The van der Waals surface area contributed by atoms with Crippen LogP contribution in [0.5, 0.6) is 0 Å². The zero-order chi connectivity index (χ0) is 33.1. The van der Waals surface area contributed by atoms with Gasteiger partial charge in [0, 0.05) is 25.2 Å². The number of nitrogens with zero attached hydrogens (tertiary/aromatic N) is 7. The van der Waals surface area contributed by atoms with Gasteiger partial charge in [0.2, 0.25) is 0 Å². The lowest BCUT2D eigenvalue weighted by molar-refractivity contribution is -0.141. The molecule has 0 aliphatic heterocycles. The molecule has 2 aliphatic carbocycles. The van der Waals surface area contributed by atoms with E-state index in [1.807, 2.05) is 13.8 Å². The minimum absolute atomic E-state index is 0.0175. The van der Waals surface area contributed by atoms with Crippen LogP contribution < -0.4 is 16.7 Å². The van der Waals surface area contributed by atoms with Crippen molar-refractivity contribution in [2.45, 2.75) is 70.7 Å². The van der Waals surface area contributed by atoms with Gasteiger partial charge in [-0.3, -0.25) is 9.59 Å². The highest BCUT2D eigenvalue weighted by Gasteiger charge is 2.45. The second-order valence-corrected chi connectivity index (χ2v) is 12.4. The van der Waals surface area contributed by atoms with Crippen LogP contribution in [-0.2, 0) is 24.4 Å². The molecule has 4 aromatic rings. The molecule has 1 aromatic carbocycles. The van der Waals surface area contributed by atoms with Gasteiger partial charge in [-0.25, -0.2) is 23.7 Å². The van der Waals surface area contributed by atoms with Crippen molar-refractivity contribution >= 4 is 29.0 Å². The van der Waals surface area contributed by atoms with Crippen LogP contribution in [-0.4, -0.2) is 64.0 Å². The third-order valence-corrected chi connectivity index (χ3v) is 8.33. The number of halogens is 3. The summed E-state index contributed by atoms with van der Waals surface area (Å²) >= 11 is 0. The van der Waals surface area contributed by atoms with Gasteiger partial charge in [-0.15, -0.1) is 5.10 Å². The first-order valence-corrected chi connectivity index (χ1v) is 14.5. The summed E-state index contributed by atoms with van der Waals surface area (Å²) in [6.45, 7) is 3.62. The fourth-order valence-corrected chi connectivity index (χ4v) is 6.14. The number of amides is 1. The molecule has 0 saturated heterocycles. The van der Waals surface area contributed by atoms with Crippen molar-refractivity contribution in [1.82, 2.24) is 34.2 Å². The number of aromatic nitrogens is 7. The summed E-state index contributed by atoms with van der Waals surface area (Å²) in [4.78, 5) is 54.1. The first-order chi connectivity index (χ1) is 21.6. The van der Waals surface area contributed by atoms with Crippen LogP contribution in [0.15, 0.2) is 29.3 Å². The number of carbonyl (C=O) groups is 3. The molecule has 242 valence electrons. The number of benzene rings is 1. The lowest BCUT2D eigenvalue weighted by atomic mass is 9.75. The van der Waals surface area contributed by atoms with Gasteiger partial charge in [-0.05, 0) is 55.7 Å². The van der Waals surface area contributed by atoms with Crippen molar-refractivity contribution < 1.29 is 32.3 Å². The van der Waals surface area contributed by atoms with Crippen LogP contribution in [0.3, 0.4) is 0 Å². The van der Waals surface area contributed by atoms with Crippen molar-refractivity contribution in [2.24, 2.45) is 18.2 Å². The SMILES string of the molecule is Cn1nnc2c(C(=O)OC3CCC(Nc4cc(-n5nc(C(F)(F)F)c6c5CC(C)(C)CC6=O)ccc4C(N)=O)CC3)ncn2c1=O. The van der Waals surface area contributed by atoms with Crippen molar-refractivity contribution in [3.8, 4) is 5.69 Å². The van der Waals surface area contributed by atoms with Gasteiger partial charge < -0.3 is 15.8 Å². The molecule has 1 fully saturated rings. The lowest BCUT2D eigenvalue weighted by Crippen LogP contribution is -2.32. The molecule has 1 amide bonds. The molecule has 3 N–H and O–H groups in total. The number of fused-ring (bicyclic) bond motifs is 2. The van der Waals surface area contributed by atoms with E-state index in [1.54, 1.807) is 0 Å². The summed E-state index contributed by atoms with van der Waals surface area (Å²) in [5.74, 6) is -2.10. The molecule has 0 radical (unpaired) electrons. The number of imidazole rings is 1. The van der Waals surface area contributed by atoms with E-state index in [2.05, 4.69) is 25.7 Å². The number of esters is 1. The van der Waals surface area contributed by atoms with Gasteiger partial charge in [0.15, 0.2) is 22.8 Å². The average molecular weight is 642 g/mol. The third-order valence-electron chi connectivity index (χ3n) is 8.33. The number of hydrogen-bond acceptors (Lipinski definition) is 10. The second-order valence-electron chi connectivity index (χ2n) is 12.4. The quantitative estimate of drug-likeness (QED) is 0.297. The highest BCUT2D eigenvalue weighted by Crippen LogP contribution is 2.42. The summed E-state index contributed by atoms with van der Waals surface area (Å²) in [5.41, 5.74) is 3.54. The first kappa shape index (κ1) is 30.9. The number of ketones is 1. The van der Waals surface area contributed by atoms with Crippen LogP contribution >= 0.6 is 0 Å². The number of hydrogen-bond donors (Lipinski definition) is 2. The molecule has 3 heterocycles. The summed E-state index contributed by atoms with van der Waals surface area (Å²) in [5, 5.41) is 14.7. The van der Waals surface area contributed by atoms with Gasteiger partial charge in [0.25, 0.3) is 5.91 Å². The van der Waals surface area contributed by atoms with Crippen molar-refractivity contribution in [3.63, 3.8) is 0 Å². The van der Waals surface area contributed by atoms with E-state index in [4.69, 9.17) is 10.5 Å². The Labute approximate surface area is 258 Å². The standard InChI is InChI=1S/C29H30F3N9O5/c1-28(2)11-19-21(20(42)12-28)23(29(30,31)32)37-41(19)15-6-9-17(24(33)43)18(10-15)35-14-4-7-16(8-5-14)46-26(44)22-25-36-38-39(3)27(45)40(25)13-34-22/h6,9-10,13-14,16,35H,4-5,7-8,11-12H2,1-3H3,(H2,33,43). The number of rotatable bonds is 6. The third kappa shape index (κ3) is 5.60. The Balaban J connectivity index is 1.21. The molecule has 2 aliphatic rings. The van der Waals surface area contributed by atoms with Crippen LogP contribution in [0.25, 0.3) is 11.3 Å². The van der Waals surface area contributed by atoms with E-state index in [0.29, 0.717) is 31.4 Å². The molecule has 3 aromatic heterocycles. The molecule has 6 rings (SSSR count). The minimum atomic E-state index is -4.84. The fraction of sp³-hybridized carbons (Fsp3) is 0.448. The molecule has 17 heteroatoms. The van der Waals surface area contributed by atoms with Crippen LogP contribution in [0.2, 0.25) is 0 Å². The van der Waals surface area contributed by atoms with Crippen molar-refractivity contribution in [3.05, 3.63) is 63.2 Å². The van der Waals surface area contributed by atoms with E-state index < -0.39 is 52.3 Å². The van der Waals surface area contributed by atoms with Crippen LogP contribution in [0.4, 0.5) is 18.9 Å². The minimum Gasteiger partial charge on any atom is -0.458 e. The van der Waals surface area contributed by atoms with Gasteiger partial charge >= 0.3 is 17.8 Å². The molecule has 0 bridgehead atoms. The summed E-state index contributed by atoms with van der Waals surface area (Å²) in [6, 6.07) is 4.17. The van der Waals surface area contributed by atoms with Crippen molar-refractivity contribution in [2.75, 3.05) is 5.32 Å². The number of aryl methyl sites for hydroxylation is 1. The first-order valence-electron chi connectivity index (χ1n) is 14.5. The summed E-state index contributed by atoms with van der Waals surface area (Å²) in [7, 11) is 1.42. The van der Waals surface area contributed by atoms with E-state index in [-0.39, 0.29) is 47.2 Å². The maximum atomic E-state index is 14.0. The number of anilines is 1. The van der Waals surface area contributed by atoms with Gasteiger partial charge in [0.05, 0.1) is 22.5 Å². The Morgan fingerprint density at radius 3 is 2.50 bits per heavy atom. The van der Waals surface area contributed by atoms with Crippen LogP contribution in [0.1, 0.15) is 88.5 Å². The Morgan fingerprint density at radius 1 is 1.11 bits per heavy atom. The largest absolute Gasteiger partial charge is 0.458 e. The topological polar surface area (TPSA) is 181 Å². The van der Waals surface area contributed by atoms with E-state index >= 15 is 0 Å². The molecule has 1 saturated carbocycles. The Morgan fingerprint density at radius 2 is 1.83 bits per heavy atom. The normalized spacial score (nSPS) is 19.6. The van der Waals surface area contributed by atoms with E-state index in [9.17, 15) is 32.3 Å². The van der Waals surface area contributed by atoms with Gasteiger partial charge in [-0.2, -0.15) is 23.0 Å². The number of nitrogens with one attached hydrogen (secondary N) is 1. The molecule has 0 atom stereocenters. The zero-order valence-electron chi connectivity index (χ0n) is 25.1. The van der Waals surface area contributed by atoms with Gasteiger partial charge in [-0.1, -0.05) is 19.1 Å². The predicted molar refractivity (Wildman–Crippen MR) is 155 cm³/mol. The van der Waals surface area contributed by atoms with E-state index in [0.717, 1.165) is 13.8 Å². The molecular weight excluding hydrogens is 611 g/mol. The zero-order valence-corrected chi connectivity index (χ0v) is 25.1. The fourth-order valence-electron chi connectivity index (χ4n) is 6.14. The lowest BCUT2D eigenvalue weighted by Gasteiger charge is -2.30. The molecular formula is C29H30F3N9O5. The number of carbonyl (C=O) groups excluding carboxylic acids is 3. The Kier molecular flexibility index (Phi) is 7.43. The monoisotopic (exact) mass is 641 g/mol. The smallest absolute Gasteiger partial charge is 0.435 e. The average Bonchev–Trinajstić information content (AvgIpc) is 3.58. The summed E-state index contributed by atoms with van der Waals surface area (Å²) < 4.78 is 50.7. The maximum Gasteiger partial charge on any atom is 0.435 e. The number of ether oxygens (including phenoxy) is 1. The number of primary amides is 1. The Hall–Kier alpha value is -5.09. The number of nitrogens with two attached hydrogens (primary N) is 1. The Bertz CT molecular complexity index is 1950. The number of Topliss-reactive ketones (excluding diaryl/α,β-unsaturated/α-hetero) is 1. The van der Waals surface area contributed by atoms with Gasteiger partial charge in [0.1, 0.15) is 12.4 Å². The molecule has 0 spiro atoms. The van der Waals surface area contributed by atoms with Crippen LogP contribution in [0, 0.1) is 5.41 Å². The number of alkyl halides is 3. The summed E-state index contributed by atoms with van der Waals surface area (Å²) in [6.07, 6.45) is -2.02. The molecule has 14 nitrogen and oxygen atoms in total. The van der Waals surface area contributed by atoms with E-state index in [1.165, 1.54) is 31.6 Å². The second kappa shape index (κ2) is 11.1. The highest BCUT2D eigenvalue weighted by atomic mass is 19.4. The predicted octanol–water partition coefficient (Wildman–Crippen LogP) is 2.86. The highest BCUT2D eigenvalue weighted by molar-refractivity contribution is 6.01.